The Morgan fingerprint density at radius 3 is 1.29 bits per heavy atom. The first kappa shape index (κ1) is 107. The largest absolute Gasteiger partial charge is 0.472 e. The molecule has 0 aromatic carbocycles. The fourth-order valence-electron chi connectivity index (χ4n) is 12.7. The number of unbranched alkanes of at least 4 members (excludes halogenated alkanes) is 9. The lowest BCUT2D eigenvalue weighted by Crippen LogP contribution is -2.64. The second kappa shape index (κ2) is 54.2. The van der Waals surface area contributed by atoms with Crippen molar-refractivity contribution in [2.75, 3.05) is 132 Å². The molecule has 6 rings (SSSR count). The van der Waals surface area contributed by atoms with Gasteiger partial charge in [-0.15, -0.1) is 0 Å². The maximum atomic E-state index is 14.2. The van der Waals surface area contributed by atoms with Crippen LogP contribution in [-0.2, 0) is 120 Å². The lowest BCUT2D eigenvalue weighted by atomic mass is 9.92. The zero-order valence-electron chi connectivity index (χ0n) is 67.5. The number of rotatable bonds is 63. The molecule has 0 spiro atoms. The number of imidazole rings is 1. The van der Waals surface area contributed by atoms with E-state index in [-0.39, 0.29) is 106 Å². The number of amides is 1. The molecule has 23 atom stereocenters. The average molecular weight is 1820 g/mol. The maximum absolute atomic E-state index is 14.2. The van der Waals surface area contributed by atoms with E-state index in [9.17, 15) is 98.0 Å². The number of hydrogen-bond donors (Lipinski definition) is 15. The van der Waals surface area contributed by atoms with Crippen molar-refractivity contribution in [3.63, 3.8) is 0 Å². The Morgan fingerprint density at radius 2 is 0.874 bits per heavy atom. The Kier molecular flexibility index (Phi) is 48.9. The van der Waals surface area contributed by atoms with Crippen LogP contribution in [-0.4, -0.2) is 326 Å². The van der Waals surface area contributed by atoms with Crippen molar-refractivity contribution < 1.29 is 191 Å². The molecule has 1 amide bonds. The Morgan fingerprint density at radius 1 is 0.487 bits per heavy atom. The van der Waals surface area contributed by atoms with Crippen LogP contribution in [0.2, 0.25) is 0 Å². The van der Waals surface area contributed by atoms with E-state index >= 15 is 0 Å². The van der Waals surface area contributed by atoms with E-state index in [1.54, 1.807) is 20.8 Å². The summed E-state index contributed by atoms with van der Waals surface area (Å²) in [5, 5.41) is 92.8. The molecule has 0 bridgehead atoms. The molecule has 15 N–H and O–H groups in total. The van der Waals surface area contributed by atoms with Gasteiger partial charge in [0.2, 0.25) is 5.91 Å². The van der Waals surface area contributed by atoms with Crippen molar-refractivity contribution in [2.45, 2.75) is 256 Å². The molecular weight excluding hydrogens is 1690 g/mol. The Bertz CT molecular complexity index is 3340. The molecule has 45 nitrogen and oxygen atoms in total. The molecule has 2 aromatic heterocycles. The summed E-state index contributed by atoms with van der Waals surface area (Å²) in [6.45, 7) is 2.96. The minimum Gasteiger partial charge on any atom is -0.394 e. The van der Waals surface area contributed by atoms with Gasteiger partial charge in [-0.3, -0.25) is 54.6 Å². The van der Waals surface area contributed by atoms with Gasteiger partial charge >= 0.3 is 39.1 Å². The third kappa shape index (κ3) is 38.0. The van der Waals surface area contributed by atoms with Gasteiger partial charge in [0.1, 0.15) is 79.0 Å². The number of aromatic nitrogens is 4. The molecule has 12 unspecified atom stereocenters. The van der Waals surface area contributed by atoms with Crippen LogP contribution in [0.1, 0.15) is 157 Å². The highest BCUT2D eigenvalue weighted by molar-refractivity contribution is 7.48. The fraction of sp³-hybridized carbons (Fsp3) is 0.913. The second-order valence-electron chi connectivity index (χ2n) is 29.5. The van der Waals surface area contributed by atoms with Gasteiger partial charge in [-0.05, 0) is 78.6 Å². The Labute approximate surface area is 692 Å². The van der Waals surface area contributed by atoms with Crippen molar-refractivity contribution in [3.8, 4) is 0 Å². The van der Waals surface area contributed by atoms with Crippen molar-refractivity contribution in [1.82, 2.24) is 24.8 Å². The Balaban J connectivity index is 0.0000252. The van der Waals surface area contributed by atoms with Crippen LogP contribution in [0, 0.1) is 24.2 Å². The topological polar surface area (TPSA) is 626 Å². The minimum absolute atomic E-state index is 0. The number of nitrogens with zero attached hydrogens (tertiary/aromatic N) is 4. The first-order valence-electron chi connectivity index (χ1n) is 39.6. The number of phosphoric acid groups is 5. The summed E-state index contributed by atoms with van der Waals surface area (Å²) < 4.78 is 179. The number of nitrogens with one attached hydrogen (secondary N) is 1. The number of ether oxygens (including phenoxy) is 10. The lowest BCUT2D eigenvalue weighted by Gasteiger charge is -2.42. The smallest absolute Gasteiger partial charge is 0.394 e. The minimum atomic E-state index is -5.27. The Hall–Kier alpha value is -2.19. The zero-order valence-corrected chi connectivity index (χ0v) is 72.0. The third-order valence-electron chi connectivity index (χ3n) is 19.2. The number of aliphatic hydroxyl groups excluding tert-OH is 9. The van der Waals surface area contributed by atoms with Crippen molar-refractivity contribution in [1.29, 1.82) is 0 Å². The number of phosphoric ester groups is 5. The van der Waals surface area contributed by atoms with Crippen molar-refractivity contribution in [3.05, 3.63) is 18.3 Å². The van der Waals surface area contributed by atoms with Gasteiger partial charge < -0.3 is 123 Å². The van der Waals surface area contributed by atoms with Gasteiger partial charge in [0, 0.05) is 64.8 Å². The highest BCUT2D eigenvalue weighted by Crippen LogP contribution is 2.52. The molecule has 2 aromatic rings. The molecule has 4 aliphatic heterocycles. The van der Waals surface area contributed by atoms with Gasteiger partial charge in [-0.25, -0.2) is 37.8 Å². The van der Waals surface area contributed by atoms with E-state index in [4.69, 9.17) is 92.6 Å². The average Bonchev–Trinajstić information content (AvgIpc) is 1.63. The summed E-state index contributed by atoms with van der Waals surface area (Å²) in [4.78, 5) is 78.5. The fourth-order valence-corrected chi connectivity index (χ4v) is 17.1. The van der Waals surface area contributed by atoms with Gasteiger partial charge in [-0.2, -0.15) is 0 Å². The predicted molar refractivity (Wildman–Crippen MR) is 414 cm³/mol. The number of aliphatic hydroxyl groups is 9. The first-order chi connectivity index (χ1) is 55.9. The van der Waals surface area contributed by atoms with Crippen molar-refractivity contribution >= 4 is 56.2 Å². The summed E-state index contributed by atoms with van der Waals surface area (Å²) in [5.41, 5.74) is -0.342. The van der Waals surface area contributed by atoms with E-state index < -0.39 is 226 Å². The SMILES string of the molecule is C.CC(=O)NC1[C@H](OCCCCCCOP(=O)(O)OCCCOCC(COCCCOP(=O)(O)OCCCCCCO[C@@H]2OC(CO)[C@H](O)[C@H](O)C2C)(COCCCOP(=O)(O)OCCCCCCO[C@@H]2OC(CO)[C@H](O)[C@H](O)C2C)COP(=O)(O)OC[C@H]2O[C@@H](n3cnc4c(C)ncnc43)CC2OP(=O)(O)OC(C)C)OC(CO)[C@H](O)[C@@H]1O. The summed E-state index contributed by atoms with van der Waals surface area (Å²) in [6.07, 6.45) is -9.95. The number of carbonyl (C=O) groups excluding carboxylic acids is 1. The van der Waals surface area contributed by atoms with E-state index in [1.807, 2.05) is 0 Å². The van der Waals surface area contributed by atoms with E-state index in [1.165, 1.54) is 38.0 Å². The highest BCUT2D eigenvalue weighted by atomic mass is 31.2. The van der Waals surface area contributed by atoms with Gasteiger partial charge in [-0.1, -0.05) is 59.8 Å². The van der Waals surface area contributed by atoms with Crippen LogP contribution in [0.4, 0.5) is 0 Å². The second-order valence-corrected chi connectivity index (χ2v) is 36.7. The molecule has 6 heterocycles. The molecule has 0 radical (unpaired) electrons. The van der Waals surface area contributed by atoms with Gasteiger partial charge in [0.25, 0.3) is 0 Å². The van der Waals surface area contributed by atoms with Crippen LogP contribution >= 0.6 is 39.1 Å². The van der Waals surface area contributed by atoms with Gasteiger partial charge in [0.05, 0.1) is 128 Å². The standard InChI is InChI=1S/C68H126N5O40P5.CH4/c1-45(2)112-118(92,93)113-50-34-55(73-44-71-56-48(5)69-43-70-64(56)73)108-54(50)38-106-117(90,91)107-42-68(39-94-22-19-31-103-114(84,85)100-28-16-10-7-13-25-97-65-46(3)58(78)60(80)51(35-74)109-65,40-95-23-20-32-104-115(86,87)101-29-17-11-8-14-26-98-66-47(4)59(79)61(81)52(36-75)110-66)41-96-24-21-33-105-116(88,89)102-30-18-12-9-15-27-99-67-57(72-49(6)77)63(83)62(82)53(37-76)111-67;/h43-47,50-55,57-63,65-67,74-76,78-83H,7-42H2,1-6H3,(H,72,77)(H,84,85)(H,86,87)(H,88,89)(H,90,91)(H,92,93);1H4/t46?,47?,50?,51?,52?,53?,54-,55-,57?,58-,59-,60+,61+,62+,63-,65-,66-,67-,68?;/m1./s1. The van der Waals surface area contributed by atoms with Crippen LogP contribution in [0.3, 0.4) is 0 Å². The van der Waals surface area contributed by atoms with Crippen molar-refractivity contribution in [2.24, 2.45) is 17.3 Å². The number of fused-ring (bicyclic) bond motifs is 1. The van der Waals surface area contributed by atoms with E-state index in [0.29, 0.717) is 93.9 Å². The molecule has 696 valence electrons. The molecule has 0 saturated carbocycles. The summed E-state index contributed by atoms with van der Waals surface area (Å²) in [6, 6.07) is -1.12. The third-order valence-corrected chi connectivity index (χ3v) is 24.4. The number of aryl methyl sites for hydroxylation is 1. The molecule has 119 heavy (non-hydrogen) atoms. The molecule has 4 saturated heterocycles. The molecule has 0 aliphatic carbocycles. The zero-order chi connectivity index (χ0) is 86.7. The number of hydrogen-bond acceptors (Lipinski definition) is 38. The summed E-state index contributed by atoms with van der Waals surface area (Å²) in [5.74, 6) is -1.64. The predicted octanol–water partition coefficient (Wildman–Crippen LogP) is 3.53. The van der Waals surface area contributed by atoms with Crippen LogP contribution in [0.25, 0.3) is 11.2 Å². The molecule has 50 heteroatoms. The lowest BCUT2D eigenvalue weighted by molar-refractivity contribution is -0.282. The molecule has 4 fully saturated rings. The first-order valence-corrected chi connectivity index (χ1v) is 47.1. The van der Waals surface area contributed by atoms with E-state index in [2.05, 4.69) is 20.3 Å². The monoisotopic (exact) mass is 1820 g/mol. The summed E-state index contributed by atoms with van der Waals surface area (Å²) in [7, 11) is -23.9. The maximum Gasteiger partial charge on any atom is 0.472 e. The molecular formula is C69H130N5O40P5. The van der Waals surface area contributed by atoms with Gasteiger partial charge in [0.15, 0.2) is 24.5 Å². The molecule has 4 aliphatic rings. The van der Waals surface area contributed by atoms with Crippen LogP contribution in [0.5, 0.6) is 0 Å². The van der Waals surface area contributed by atoms with E-state index in [0.717, 1.165) is 0 Å². The van der Waals surface area contributed by atoms with Crippen LogP contribution < -0.4 is 5.32 Å². The normalized spacial score (nSPS) is 29.3. The highest BCUT2D eigenvalue weighted by Gasteiger charge is 2.48. The number of carbonyl (C=O) groups is 1. The summed E-state index contributed by atoms with van der Waals surface area (Å²) >= 11 is 0. The quantitative estimate of drug-likeness (QED) is 0.0333. The van der Waals surface area contributed by atoms with Crippen LogP contribution in [0.15, 0.2) is 12.7 Å².